The van der Waals surface area contributed by atoms with Crippen LogP contribution in [0.1, 0.15) is 15.9 Å². The molecule has 6 nitrogen and oxygen atoms in total. The molecule has 1 rings (SSSR count). The monoisotopic (exact) mass is 248 g/mol. The van der Waals surface area contributed by atoms with Crippen molar-refractivity contribution in [2.75, 3.05) is 13.2 Å². The van der Waals surface area contributed by atoms with E-state index in [1.54, 1.807) is 25.1 Å². The average Bonchev–Trinajstić information content (AvgIpc) is 2.34. The van der Waals surface area contributed by atoms with E-state index in [1.807, 2.05) is 0 Å². The molecule has 0 saturated carbocycles. The van der Waals surface area contributed by atoms with Crippen molar-refractivity contribution in [2.45, 2.75) is 6.92 Å². The molecule has 6 heteroatoms. The van der Waals surface area contributed by atoms with Crippen molar-refractivity contribution in [3.05, 3.63) is 29.3 Å². The zero-order valence-corrected chi connectivity index (χ0v) is 9.77. The summed E-state index contributed by atoms with van der Waals surface area (Å²) >= 11 is 0. The Balaban J connectivity index is 2.76. The standard InChI is InChI=1S/C12H12N2O4/c1-8-3-2-4-9(12(16)17)11(8)18-7-10(15)14-6-5-13/h2-4H,6-7H2,1H3,(H,14,15)(H,16,17). The van der Waals surface area contributed by atoms with E-state index >= 15 is 0 Å². The summed E-state index contributed by atoms with van der Waals surface area (Å²) in [6.07, 6.45) is 0. The van der Waals surface area contributed by atoms with Gasteiger partial charge in [0.05, 0.1) is 6.07 Å². The molecule has 0 radical (unpaired) electrons. The van der Waals surface area contributed by atoms with E-state index in [2.05, 4.69) is 5.32 Å². The molecule has 18 heavy (non-hydrogen) atoms. The molecule has 94 valence electrons. The molecule has 0 aliphatic heterocycles. The maximum absolute atomic E-state index is 11.2. The van der Waals surface area contributed by atoms with E-state index in [4.69, 9.17) is 15.1 Å². The van der Waals surface area contributed by atoms with Crippen molar-refractivity contribution in [1.82, 2.24) is 5.32 Å². The minimum atomic E-state index is -1.12. The third kappa shape index (κ3) is 3.49. The molecule has 0 fully saturated rings. The second-order valence-corrected chi connectivity index (χ2v) is 3.48. The summed E-state index contributed by atoms with van der Waals surface area (Å²) in [5, 5.41) is 19.5. The molecular formula is C12H12N2O4. The number of carboxylic acids is 1. The van der Waals surface area contributed by atoms with Crippen molar-refractivity contribution in [3.8, 4) is 11.8 Å². The Hall–Kier alpha value is -2.55. The number of hydrogen-bond acceptors (Lipinski definition) is 4. The van der Waals surface area contributed by atoms with E-state index in [1.165, 1.54) is 6.07 Å². The van der Waals surface area contributed by atoms with Crippen LogP contribution in [-0.4, -0.2) is 30.1 Å². The zero-order chi connectivity index (χ0) is 13.5. The number of amides is 1. The lowest BCUT2D eigenvalue weighted by Crippen LogP contribution is -2.29. The molecule has 0 heterocycles. The summed E-state index contributed by atoms with van der Waals surface area (Å²) in [5.74, 6) is -1.43. The number of aryl methyl sites for hydroxylation is 1. The maximum Gasteiger partial charge on any atom is 0.339 e. The van der Waals surface area contributed by atoms with Gasteiger partial charge in [-0.25, -0.2) is 4.79 Å². The summed E-state index contributed by atoms with van der Waals surface area (Å²) in [4.78, 5) is 22.2. The highest BCUT2D eigenvalue weighted by molar-refractivity contribution is 5.91. The largest absolute Gasteiger partial charge is 0.483 e. The SMILES string of the molecule is Cc1cccc(C(=O)O)c1OCC(=O)NCC#N. The van der Waals surface area contributed by atoms with E-state index in [9.17, 15) is 9.59 Å². The molecule has 0 bridgehead atoms. The van der Waals surface area contributed by atoms with Crippen LogP contribution in [0, 0.1) is 18.3 Å². The van der Waals surface area contributed by atoms with E-state index in [0.717, 1.165) is 0 Å². The van der Waals surface area contributed by atoms with E-state index in [0.29, 0.717) is 5.56 Å². The van der Waals surface area contributed by atoms with Gasteiger partial charge in [-0.2, -0.15) is 5.26 Å². The zero-order valence-electron chi connectivity index (χ0n) is 9.77. The Morgan fingerprint density at radius 3 is 2.83 bits per heavy atom. The van der Waals surface area contributed by atoms with Crippen LogP contribution < -0.4 is 10.1 Å². The third-order valence-electron chi connectivity index (χ3n) is 2.15. The number of carbonyl (C=O) groups is 2. The molecule has 1 amide bonds. The lowest BCUT2D eigenvalue weighted by atomic mass is 10.1. The van der Waals surface area contributed by atoms with Crippen LogP contribution in [-0.2, 0) is 4.79 Å². The molecule has 1 aromatic rings. The molecule has 0 saturated heterocycles. The number of benzene rings is 1. The fraction of sp³-hybridized carbons (Fsp3) is 0.250. The Morgan fingerprint density at radius 1 is 1.50 bits per heavy atom. The second-order valence-electron chi connectivity index (χ2n) is 3.48. The summed E-state index contributed by atoms with van der Waals surface area (Å²) in [6.45, 7) is 1.25. The lowest BCUT2D eigenvalue weighted by Gasteiger charge is -2.11. The quantitative estimate of drug-likeness (QED) is 0.747. The number of ether oxygens (including phenoxy) is 1. The number of aromatic carboxylic acids is 1. The number of nitriles is 1. The number of rotatable bonds is 5. The normalized spacial score (nSPS) is 9.33. The predicted molar refractivity (Wildman–Crippen MR) is 62.3 cm³/mol. The van der Waals surface area contributed by atoms with Crippen molar-refractivity contribution < 1.29 is 19.4 Å². The third-order valence-corrected chi connectivity index (χ3v) is 2.15. The van der Waals surface area contributed by atoms with Crippen molar-refractivity contribution in [1.29, 1.82) is 5.26 Å². The van der Waals surface area contributed by atoms with Crippen LogP contribution in [0.4, 0.5) is 0 Å². The van der Waals surface area contributed by atoms with Crippen molar-refractivity contribution in [2.24, 2.45) is 0 Å². The minimum absolute atomic E-state index is 0.00285. The first kappa shape index (κ1) is 13.5. The molecule has 0 aromatic heterocycles. The molecule has 2 N–H and O–H groups in total. The highest BCUT2D eigenvalue weighted by Crippen LogP contribution is 2.23. The average molecular weight is 248 g/mol. The van der Waals surface area contributed by atoms with Gasteiger partial charge in [0.25, 0.3) is 5.91 Å². The summed E-state index contributed by atoms with van der Waals surface area (Å²) in [5.41, 5.74) is 0.631. The molecular weight excluding hydrogens is 236 g/mol. The number of carbonyl (C=O) groups excluding carboxylic acids is 1. The predicted octanol–water partition coefficient (Wildman–Crippen LogP) is 0.712. The summed E-state index contributed by atoms with van der Waals surface area (Å²) in [6, 6.07) is 6.44. The Kier molecular flexibility index (Phi) is 4.69. The smallest absolute Gasteiger partial charge is 0.339 e. The lowest BCUT2D eigenvalue weighted by molar-refractivity contribution is -0.122. The number of para-hydroxylation sites is 1. The van der Waals surface area contributed by atoms with Crippen LogP contribution in [0.3, 0.4) is 0 Å². The molecule has 0 atom stereocenters. The van der Waals surface area contributed by atoms with Gasteiger partial charge < -0.3 is 15.2 Å². The Labute approximate surface area is 104 Å². The van der Waals surface area contributed by atoms with Crippen LogP contribution >= 0.6 is 0 Å². The van der Waals surface area contributed by atoms with Gasteiger partial charge in [-0.05, 0) is 18.6 Å². The van der Waals surface area contributed by atoms with Gasteiger partial charge >= 0.3 is 5.97 Å². The minimum Gasteiger partial charge on any atom is -0.483 e. The molecule has 0 spiro atoms. The first-order valence-corrected chi connectivity index (χ1v) is 5.15. The fourth-order valence-corrected chi connectivity index (χ4v) is 1.34. The highest BCUT2D eigenvalue weighted by atomic mass is 16.5. The van der Waals surface area contributed by atoms with E-state index in [-0.39, 0.29) is 24.5 Å². The van der Waals surface area contributed by atoms with Gasteiger partial charge in [0.2, 0.25) is 0 Å². The number of nitrogens with zero attached hydrogens (tertiary/aromatic N) is 1. The number of carboxylic acid groups (broad SMARTS) is 1. The fourth-order valence-electron chi connectivity index (χ4n) is 1.34. The molecule has 0 unspecified atom stereocenters. The van der Waals surface area contributed by atoms with Gasteiger partial charge in [0.15, 0.2) is 6.61 Å². The molecule has 0 aliphatic rings. The van der Waals surface area contributed by atoms with Gasteiger partial charge in [-0.1, -0.05) is 12.1 Å². The summed E-state index contributed by atoms with van der Waals surface area (Å²) in [7, 11) is 0. The van der Waals surface area contributed by atoms with Crippen molar-refractivity contribution in [3.63, 3.8) is 0 Å². The first-order valence-electron chi connectivity index (χ1n) is 5.15. The topological polar surface area (TPSA) is 99.4 Å². The molecule has 1 aromatic carbocycles. The van der Waals surface area contributed by atoms with Gasteiger partial charge in [0, 0.05) is 0 Å². The Bertz CT molecular complexity index is 505. The van der Waals surface area contributed by atoms with Crippen LogP contribution in [0.25, 0.3) is 0 Å². The number of hydrogen-bond donors (Lipinski definition) is 2. The second kappa shape index (κ2) is 6.25. The maximum atomic E-state index is 11.2. The van der Waals surface area contributed by atoms with Crippen molar-refractivity contribution >= 4 is 11.9 Å². The van der Waals surface area contributed by atoms with Crippen LogP contribution in [0.2, 0.25) is 0 Å². The highest BCUT2D eigenvalue weighted by Gasteiger charge is 2.14. The first-order chi connectivity index (χ1) is 8.56. The van der Waals surface area contributed by atoms with E-state index < -0.39 is 11.9 Å². The van der Waals surface area contributed by atoms with Gasteiger partial charge in [-0.3, -0.25) is 4.79 Å². The van der Waals surface area contributed by atoms with Gasteiger partial charge in [0.1, 0.15) is 17.9 Å². The van der Waals surface area contributed by atoms with Crippen LogP contribution in [0.5, 0.6) is 5.75 Å². The molecule has 0 aliphatic carbocycles. The van der Waals surface area contributed by atoms with Gasteiger partial charge in [-0.15, -0.1) is 0 Å². The number of nitrogens with one attached hydrogen (secondary N) is 1. The Morgan fingerprint density at radius 2 is 2.22 bits per heavy atom. The summed E-state index contributed by atoms with van der Waals surface area (Å²) < 4.78 is 5.19. The van der Waals surface area contributed by atoms with Crippen LogP contribution in [0.15, 0.2) is 18.2 Å².